The molecule has 0 aliphatic rings. The highest BCUT2D eigenvalue weighted by atomic mass is 35.5. The Hall–Kier alpha value is -1.25. The SMILES string of the molecule is CCCCCCCn1c(SC[C@@H](O)CCl)nc2c1c(=O)[nH]c(=O)n2C. The lowest BCUT2D eigenvalue weighted by Crippen LogP contribution is -2.29. The molecule has 0 radical (unpaired) electrons. The summed E-state index contributed by atoms with van der Waals surface area (Å²) in [7, 11) is 1.58. The van der Waals surface area contributed by atoms with Crippen molar-refractivity contribution in [3.8, 4) is 0 Å². The van der Waals surface area contributed by atoms with Gasteiger partial charge in [0.25, 0.3) is 5.56 Å². The van der Waals surface area contributed by atoms with Crippen LogP contribution in [0.2, 0.25) is 0 Å². The number of halogens is 1. The zero-order chi connectivity index (χ0) is 18.4. The number of alkyl halides is 1. The van der Waals surface area contributed by atoms with Crippen molar-refractivity contribution in [2.45, 2.75) is 56.8 Å². The Kier molecular flexibility index (Phi) is 7.58. The number of aliphatic hydroxyl groups excluding tert-OH is 1. The molecule has 7 nitrogen and oxygen atoms in total. The highest BCUT2D eigenvalue weighted by Crippen LogP contribution is 2.23. The molecule has 2 aromatic rings. The molecule has 25 heavy (non-hydrogen) atoms. The monoisotopic (exact) mass is 388 g/mol. The van der Waals surface area contributed by atoms with Crippen LogP contribution in [0.5, 0.6) is 0 Å². The predicted molar refractivity (Wildman–Crippen MR) is 102 cm³/mol. The summed E-state index contributed by atoms with van der Waals surface area (Å²) in [4.78, 5) is 30.9. The van der Waals surface area contributed by atoms with E-state index in [1.54, 1.807) is 7.05 Å². The van der Waals surface area contributed by atoms with Gasteiger partial charge in [0.1, 0.15) is 0 Å². The maximum atomic E-state index is 12.3. The third-order valence-corrected chi connectivity index (χ3v) is 5.52. The smallest absolute Gasteiger partial charge is 0.329 e. The molecule has 0 bridgehead atoms. The van der Waals surface area contributed by atoms with E-state index in [1.165, 1.54) is 29.2 Å². The zero-order valence-electron chi connectivity index (χ0n) is 14.6. The van der Waals surface area contributed by atoms with Crippen LogP contribution in [-0.2, 0) is 13.6 Å². The Morgan fingerprint density at radius 3 is 2.68 bits per heavy atom. The number of rotatable bonds is 10. The normalized spacial score (nSPS) is 12.8. The van der Waals surface area contributed by atoms with Gasteiger partial charge in [-0.2, -0.15) is 0 Å². The summed E-state index contributed by atoms with van der Waals surface area (Å²) >= 11 is 7.00. The van der Waals surface area contributed by atoms with Crippen LogP contribution in [0, 0.1) is 0 Å². The average molecular weight is 389 g/mol. The molecule has 140 valence electrons. The predicted octanol–water partition coefficient (Wildman–Crippen LogP) is 2.09. The number of aromatic nitrogens is 4. The summed E-state index contributed by atoms with van der Waals surface area (Å²) in [6, 6.07) is 0. The third-order valence-electron chi connectivity index (χ3n) is 4.04. The molecule has 2 rings (SSSR count). The van der Waals surface area contributed by atoms with Gasteiger partial charge in [0.05, 0.1) is 6.10 Å². The Morgan fingerprint density at radius 2 is 2.00 bits per heavy atom. The second kappa shape index (κ2) is 9.45. The van der Waals surface area contributed by atoms with E-state index in [2.05, 4.69) is 16.9 Å². The quantitative estimate of drug-likeness (QED) is 0.369. The maximum absolute atomic E-state index is 12.3. The van der Waals surface area contributed by atoms with Gasteiger partial charge < -0.3 is 9.67 Å². The summed E-state index contributed by atoms with van der Waals surface area (Å²) < 4.78 is 3.19. The third kappa shape index (κ3) is 4.89. The lowest BCUT2D eigenvalue weighted by Gasteiger charge is -2.10. The van der Waals surface area contributed by atoms with Crippen molar-refractivity contribution in [3.63, 3.8) is 0 Å². The fraction of sp³-hybridized carbons (Fsp3) is 0.688. The van der Waals surface area contributed by atoms with Crippen LogP contribution in [0.3, 0.4) is 0 Å². The minimum Gasteiger partial charge on any atom is -0.391 e. The molecule has 0 fully saturated rings. The highest BCUT2D eigenvalue weighted by molar-refractivity contribution is 7.99. The number of hydrogen-bond donors (Lipinski definition) is 2. The van der Waals surface area contributed by atoms with Crippen LogP contribution in [0.25, 0.3) is 11.2 Å². The molecule has 0 aliphatic carbocycles. The van der Waals surface area contributed by atoms with Gasteiger partial charge in [0.15, 0.2) is 16.3 Å². The van der Waals surface area contributed by atoms with Crippen LogP contribution in [0.15, 0.2) is 14.7 Å². The highest BCUT2D eigenvalue weighted by Gasteiger charge is 2.18. The van der Waals surface area contributed by atoms with Gasteiger partial charge in [-0.1, -0.05) is 44.4 Å². The van der Waals surface area contributed by atoms with Crippen LogP contribution in [0.4, 0.5) is 0 Å². The minimum atomic E-state index is -0.647. The summed E-state index contributed by atoms with van der Waals surface area (Å²) in [5.41, 5.74) is -0.142. The Balaban J connectivity index is 2.34. The van der Waals surface area contributed by atoms with Crippen LogP contribution in [0.1, 0.15) is 39.0 Å². The lowest BCUT2D eigenvalue weighted by atomic mass is 10.1. The van der Waals surface area contributed by atoms with E-state index in [4.69, 9.17) is 11.6 Å². The molecule has 2 N–H and O–H groups in total. The van der Waals surface area contributed by atoms with Gasteiger partial charge in [0, 0.05) is 25.2 Å². The number of nitrogens with zero attached hydrogens (tertiary/aromatic N) is 3. The number of aryl methyl sites for hydroxylation is 2. The van der Waals surface area contributed by atoms with E-state index in [0.717, 1.165) is 19.3 Å². The molecular formula is C16H25ClN4O3S. The van der Waals surface area contributed by atoms with E-state index in [1.807, 2.05) is 4.57 Å². The zero-order valence-corrected chi connectivity index (χ0v) is 16.2. The van der Waals surface area contributed by atoms with Gasteiger partial charge in [-0.05, 0) is 6.42 Å². The molecule has 9 heteroatoms. The standard InChI is InChI=1S/C16H25ClN4O3S/c1-3-4-5-6-7-8-21-12-13(20(2)15(24)19-14(12)23)18-16(21)25-10-11(22)9-17/h11,22H,3-10H2,1-2H3,(H,19,23,24)/t11-/m0/s1. The van der Waals surface area contributed by atoms with E-state index in [0.29, 0.717) is 28.6 Å². The first kappa shape index (κ1) is 20.1. The number of hydrogen-bond acceptors (Lipinski definition) is 5. The largest absolute Gasteiger partial charge is 0.391 e. The van der Waals surface area contributed by atoms with E-state index in [9.17, 15) is 14.7 Å². The molecule has 0 saturated heterocycles. The van der Waals surface area contributed by atoms with Crippen molar-refractivity contribution in [1.82, 2.24) is 19.1 Å². The maximum Gasteiger partial charge on any atom is 0.329 e. The molecule has 0 spiro atoms. The fourth-order valence-corrected chi connectivity index (χ4v) is 3.81. The Bertz CT molecular complexity index is 814. The fourth-order valence-electron chi connectivity index (χ4n) is 2.62. The van der Waals surface area contributed by atoms with Crippen molar-refractivity contribution in [2.24, 2.45) is 7.05 Å². The summed E-state index contributed by atoms with van der Waals surface area (Å²) in [5.74, 6) is 0.526. The minimum absolute atomic E-state index is 0.142. The molecule has 0 aromatic carbocycles. The molecule has 1 atom stereocenters. The van der Waals surface area contributed by atoms with Crippen LogP contribution in [-0.4, -0.2) is 41.9 Å². The summed E-state index contributed by atoms with van der Waals surface area (Å²) in [6.07, 6.45) is 4.89. The van der Waals surface area contributed by atoms with Gasteiger partial charge in [-0.3, -0.25) is 14.3 Å². The topological polar surface area (TPSA) is 92.9 Å². The van der Waals surface area contributed by atoms with Gasteiger partial charge in [0.2, 0.25) is 0 Å². The first-order valence-corrected chi connectivity index (χ1v) is 10.1. The van der Waals surface area contributed by atoms with Crippen molar-refractivity contribution in [3.05, 3.63) is 20.8 Å². The molecule has 0 aliphatic heterocycles. The molecule has 0 amide bonds. The molecule has 2 aromatic heterocycles. The van der Waals surface area contributed by atoms with Gasteiger partial charge >= 0.3 is 5.69 Å². The first-order valence-electron chi connectivity index (χ1n) is 8.56. The molecule has 0 unspecified atom stereocenters. The van der Waals surface area contributed by atoms with Crippen LogP contribution >= 0.6 is 23.4 Å². The van der Waals surface area contributed by atoms with E-state index < -0.39 is 17.4 Å². The van der Waals surface area contributed by atoms with Crippen molar-refractivity contribution < 1.29 is 5.11 Å². The molecule has 2 heterocycles. The van der Waals surface area contributed by atoms with Gasteiger partial charge in [-0.15, -0.1) is 11.6 Å². The number of aromatic amines is 1. The number of fused-ring (bicyclic) bond motifs is 1. The first-order chi connectivity index (χ1) is 12.0. The number of nitrogens with one attached hydrogen (secondary N) is 1. The van der Waals surface area contributed by atoms with E-state index >= 15 is 0 Å². The Labute approximate surface area is 155 Å². The average Bonchev–Trinajstić information content (AvgIpc) is 2.96. The van der Waals surface area contributed by atoms with Crippen molar-refractivity contribution in [1.29, 1.82) is 0 Å². The number of aliphatic hydroxyl groups is 1. The number of thioether (sulfide) groups is 1. The Morgan fingerprint density at radius 1 is 1.28 bits per heavy atom. The summed E-state index contributed by atoms with van der Waals surface area (Å²) in [5, 5.41) is 10.3. The second-order valence-electron chi connectivity index (χ2n) is 6.07. The van der Waals surface area contributed by atoms with Gasteiger partial charge in [-0.25, -0.2) is 9.78 Å². The second-order valence-corrected chi connectivity index (χ2v) is 7.37. The van der Waals surface area contributed by atoms with Crippen LogP contribution < -0.4 is 11.2 Å². The van der Waals surface area contributed by atoms with Crippen molar-refractivity contribution >= 4 is 34.5 Å². The van der Waals surface area contributed by atoms with Crippen molar-refractivity contribution in [2.75, 3.05) is 11.6 Å². The van der Waals surface area contributed by atoms with E-state index in [-0.39, 0.29) is 5.88 Å². The number of H-pyrrole nitrogens is 1. The lowest BCUT2D eigenvalue weighted by molar-refractivity contribution is 0.223. The molecule has 0 saturated carbocycles. The molecular weight excluding hydrogens is 364 g/mol. The number of imidazole rings is 1. The summed E-state index contributed by atoms with van der Waals surface area (Å²) in [6.45, 7) is 2.82. The number of unbranched alkanes of at least 4 members (excludes halogenated alkanes) is 4.